The van der Waals surface area contributed by atoms with Crippen molar-refractivity contribution in [3.8, 4) is 0 Å². The van der Waals surface area contributed by atoms with Crippen LogP contribution in [0.1, 0.15) is 98.8 Å². The molecule has 0 radical (unpaired) electrons. The summed E-state index contributed by atoms with van der Waals surface area (Å²) in [4.78, 5) is 118. The van der Waals surface area contributed by atoms with Crippen LogP contribution in [0.2, 0.25) is 0 Å². The normalized spacial score (nSPS) is 19.4. The molecule has 7 amide bonds. The number of unbranched alkanes of at least 4 members (excludes halogenated alkanes) is 1. The molecule has 8 unspecified atom stereocenters. The van der Waals surface area contributed by atoms with Crippen molar-refractivity contribution >= 4 is 65.9 Å². The lowest BCUT2D eigenvalue weighted by molar-refractivity contribution is -0.143. The second-order valence-corrected chi connectivity index (χ2v) is 16.4. The fraction of sp³-hybridized carbons (Fsp3) is 0.763. The van der Waals surface area contributed by atoms with Gasteiger partial charge in [-0.05, 0) is 89.6 Å². The Hall–Kier alpha value is -4.50. The molecule has 0 aromatic rings. The van der Waals surface area contributed by atoms with Gasteiger partial charge in [0.25, 0.3) is 0 Å². The summed E-state index contributed by atoms with van der Waals surface area (Å²) in [5.41, 5.74) is 5.67. The maximum absolute atomic E-state index is 13.9. The van der Waals surface area contributed by atoms with Crippen LogP contribution in [0.4, 0.5) is 0 Å². The molecule has 21 heteroatoms. The molecule has 20 nitrogen and oxygen atoms in total. The Morgan fingerprint density at radius 3 is 1.81 bits per heavy atom. The highest BCUT2D eigenvalue weighted by molar-refractivity contribution is 7.80. The minimum atomic E-state index is -1.67. The van der Waals surface area contributed by atoms with Crippen LogP contribution in [0, 0.1) is 11.8 Å². The third-order valence-electron chi connectivity index (χ3n) is 10.0. The number of carbonyl (C=O) groups excluding carboxylic acids is 7. The lowest BCUT2D eigenvalue weighted by Crippen LogP contribution is -2.60. The van der Waals surface area contributed by atoms with E-state index in [-0.39, 0.29) is 42.9 Å². The van der Waals surface area contributed by atoms with Crippen molar-refractivity contribution in [2.24, 2.45) is 17.6 Å². The van der Waals surface area contributed by atoms with Crippen molar-refractivity contribution in [2.45, 2.75) is 147 Å². The molecule has 2 fully saturated rings. The van der Waals surface area contributed by atoms with Crippen molar-refractivity contribution in [1.82, 2.24) is 42.1 Å². The van der Waals surface area contributed by atoms with Crippen molar-refractivity contribution in [3.63, 3.8) is 0 Å². The number of carbonyl (C=O) groups is 9. The van der Waals surface area contributed by atoms with Gasteiger partial charge < -0.3 is 58.1 Å². The number of hydrogen-bond acceptors (Lipinski definition) is 12. The third kappa shape index (κ3) is 16.9. The van der Waals surface area contributed by atoms with Crippen LogP contribution in [-0.2, 0) is 43.2 Å². The van der Waals surface area contributed by atoms with Gasteiger partial charge in [0.15, 0.2) is 0 Å². The van der Waals surface area contributed by atoms with Crippen molar-refractivity contribution in [3.05, 3.63) is 0 Å². The zero-order valence-corrected chi connectivity index (χ0v) is 35.6. The lowest BCUT2D eigenvalue weighted by atomic mass is 10.0. The van der Waals surface area contributed by atoms with Crippen LogP contribution in [0.5, 0.6) is 0 Å². The molecule has 0 saturated carbocycles. The molecule has 0 spiro atoms. The molecular weight excluding hydrogens is 791 g/mol. The summed E-state index contributed by atoms with van der Waals surface area (Å²) in [6, 6.07) is -9.00. The first-order valence-corrected chi connectivity index (χ1v) is 21.0. The molecule has 0 aromatic carbocycles. The molecule has 11 N–H and O–H groups in total. The minimum Gasteiger partial charge on any atom is -0.481 e. The monoisotopic (exact) mass is 855 g/mol. The molecule has 0 aliphatic carbocycles. The Morgan fingerprint density at radius 2 is 1.25 bits per heavy atom. The number of nitrogens with two attached hydrogens (primary N) is 1. The standard InChI is InChI=1S/C38H65N9O11S/c1-20(2)16-25(34(53)44-26(18-30(48)49)33(52)41-22(5)38(57)58)43-32(51)24(10-6-7-13-39)42-35(54)28(19-59)46-36(55)29-12-9-15-47(29)37(56)27(17-21(3)4)45-31(50)23-11-8-14-40-23/h20-29,40,59H,6-19,39H2,1-5H3,(H,41,52)(H,42,54)(H,43,51)(H,44,53)(H,45,50)(H,46,55)(H,48,49)(H,57,58). The number of likely N-dealkylation sites (tertiary alicyclic amines) is 1. The average molecular weight is 856 g/mol. The first-order chi connectivity index (χ1) is 27.8. The average Bonchev–Trinajstić information content (AvgIpc) is 3.88. The summed E-state index contributed by atoms with van der Waals surface area (Å²) in [6.45, 7) is 9.82. The van der Waals surface area contributed by atoms with Crippen LogP contribution < -0.4 is 43.0 Å². The minimum absolute atomic E-state index is 0.0408. The number of rotatable bonds is 25. The zero-order valence-electron chi connectivity index (χ0n) is 34.7. The fourth-order valence-electron chi connectivity index (χ4n) is 6.88. The van der Waals surface area contributed by atoms with E-state index in [2.05, 4.69) is 49.8 Å². The number of amides is 7. The fourth-order valence-corrected chi connectivity index (χ4v) is 7.14. The van der Waals surface area contributed by atoms with Gasteiger partial charge in [-0.1, -0.05) is 27.7 Å². The number of thiol groups is 1. The van der Waals surface area contributed by atoms with E-state index in [1.54, 1.807) is 13.8 Å². The smallest absolute Gasteiger partial charge is 0.325 e. The maximum atomic E-state index is 13.9. The molecule has 8 atom stereocenters. The summed E-state index contributed by atoms with van der Waals surface area (Å²) in [5.74, 6) is -7.92. The van der Waals surface area contributed by atoms with Gasteiger partial charge in [-0.25, -0.2) is 0 Å². The van der Waals surface area contributed by atoms with Gasteiger partial charge in [0.2, 0.25) is 41.4 Å². The number of aliphatic carboxylic acids is 2. The van der Waals surface area contributed by atoms with E-state index >= 15 is 0 Å². The molecule has 334 valence electrons. The summed E-state index contributed by atoms with van der Waals surface area (Å²) in [6.07, 6.45) is 2.84. The summed E-state index contributed by atoms with van der Waals surface area (Å²) in [5, 5.41) is 36.9. The molecule has 2 aliphatic heterocycles. The SMILES string of the molecule is CC(C)CC(NC(=O)C(CCCCN)NC(=O)C(CS)NC(=O)C1CCCN1C(=O)C(CC(C)C)NC(=O)C1CCCN1)C(=O)NC(CC(=O)O)C(=O)NC(C)C(=O)O. The van der Waals surface area contributed by atoms with E-state index in [9.17, 15) is 48.3 Å². The van der Waals surface area contributed by atoms with Crippen LogP contribution in [-0.4, -0.2) is 142 Å². The van der Waals surface area contributed by atoms with Crippen molar-refractivity contribution < 1.29 is 53.4 Å². The molecule has 2 saturated heterocycles. The number of nitrogens with zero attached hydrogens (tertiary/aromatic N) is 1. The van der Waals surface area contributed by atoms with E-state index in [0.717, 1.165) is 13.3 Å². The first kappa shape index (κ1) is 50.6. The first-order valence-electron chi connectivity index (χ1n) is 20.4. The molecule has 59 heavy (non-hydrogen) atoms. The summed E-state index contributed by atoms with van der Waals surface area (Å²) in [7, 11) is 0. The molecule has 0 bridgehead atoms. The van der Waals surface area contributed by atoms with E-state index < -0.39 is 102 Å². The Bertz CT molecular complexity index is 1490. The Morgan fingerprint density at radius 1 is 0.695 bits per heavy atom. The largest absolute Gasteiger partial charge is 0.481 e. The van der Waals surface area contributed by atoms with E-state index in [0.29, 0.717) is 51.6 Å². The number of carboxylic acid groups (broad SMARTS) is 2. The van der Waals surface area contributed by atoms with Crippen LogP contribution in [0.15, 0.2) is 0 Å². The highest BCUT2D eigenvalue weighted by Gasteiger charge is 2.40. The maximum Gasteiger partial charge on any atom is 0.325 e. The van der Waals surface area contributed by atoms with E-state index in [4.69, 9.17) is 10.8 Å². The Labute approximate surface area is 350 Å². The molecule has 2 heterocycles. The van der Waals surface area contributed by atoms with Crippen molar-refractivity contribution in [2.75, 3.05) is 25.4 Å². The van der Waals surface area contributed by atoms with E-state index in [1.807, 2.05) is 13.8 Å². The molecule has 2 aliphatic rings. The Balaban J connectivity index is 2.22. The highest BCUT2D eigenvalue weighted by Crippen LogP contribution is 2.21. The zero-order chi connectivity index (χ0) is 44.4. The van der Waals surface area contributed by atoms with Gasteiger partial charge >= 0.3 is 11.9 Å². The molecule has 0 aromatic heterocycles. The van der Waals surface area contributed by atoms with Gasteiger partial charge in [0.1, 0.15) is 42.3 Å². The highest BCUT2D eigenvalue weighted by atomic mass is 32.1. The third-order valence-corrected chi connectivity index (χ3v) is 10.4. The second kappa shape index (κ2) is 25.2. The Kier molecular flexibility index (Phi) is 21.6. The van der Waals surface area contributed by atoms with Crippen LogP contribution in [0.3, 0.4) is 0 Å². The molecular formula is C38H65N9O11S. The summed E-state index contributed by atoms with van der Waals surface area (Å²) < 4.78 is 0. The van der Waals surface area contributed by atoms with Crippen LogP contribution in [0.25, 0.3) is 0 Å². The number of nitrogens with one attached hydrogen (secondary N) is 7. The van der Waals surface area contributed by atoms with Gasteiger partial charge in [-0.3, -0.25) is 43.2 Å². The topological polar surface area (TPSA) is 308 Å². The van der Waals surface area contributed by atoms with Gasteiger partial charge in [0.05, 0.1) is 12.5 Å². The number of carboxylic acids is 2. The van der Waals surface area contributed by atoms with Gasteiger partial charge in [-0.2, -0.15) is 12.6 Å². The number of hydrogen-bond donors (Lipinski definition) is 11. The van der Waals surface area contributed by atoms with Gasteiger partial charge in [-0.15, -0.1) is 0 Å². The van der Waals surface area contributed by atoms with Crippen LogP contribution >= 0.6 is 12.6 Å². The second-order valence-electron chi connectivity index (χ2n) is 16.0. The lowest BCUT2D eigenvalue weighted by Gasteiger charge is -2.31. The quantitative estimate of drug-likeness (QED) is 0.0364. The predicted molar refractivity (Wildman–Crippen MR) is 219 cm³/mol. The van der Waals surface area contributed by atoms with Crippen molar-refractivity contribution in [1.29, 1.82) is 0 Å². The summed E-state index contributed by atoms with van der Waals surface area (Å²) >= 11 is 4.28. The predicted octanol–water partition coefficient (Wildman–Crippen LogP) is -1.63. The van der Waals surface area contributed by atoms with E-state index in [1.165, 1.54) is 4.90 Å². The van der Waals surface area contributed by atoms with Gasteiger partial charge in [0, 0.05) is 12.3 Å². The molecule has 2 rings (SSSR count).